The summed E-state index contributed by atoms with van der Waals surface area (Å²) in [6, 6.07) is 4.09. The highest BCUT2D eigenvalue weighted by molar-refractivity contribution is 14.0. The number of anilines is 1. The van der Waals surface area contributed by atoms with Crippen molar-refractivity contribution >= 4 is 68.8 Å². The maximum atomic E-state index is 12.6. The third-order valence-corrected chi connectivity index (χ3v) is 5.48. The van der Waals surface area contributed by atoms with Crippen molar-refractivity contribution < 1.29 is 4.79 Å². The SMILES string of the molecule is CCNC(=NCc1ccc(Br)s1)N1CCN(c2cnn(C)c2)C(=O)C1.I. The quantitative estimate of drug-likeness (QED) is 0.360. The molecule has 0 aliphatic carbocycles. The average Bonchev–Trinajstić information content (AvgIpc) is 3.19. The molecule has 142 valence electrons. The summed E-state index contributed by atoms with van der Waals surface area (Å²) in [7, 11) is 1.85. The molecule has 1 N–H and O–H groups in total. The Balaban J connectivity index is 0.00000243. The van der Waals surface area contributed by atoms with Gasteiger partial charge in [-0.1, -0.05) is 0 Å². The molecule has 3 heterocycles. The van der Waals surface area contributed by atoms with E-state index in [1.165, 1.54) is 4.88 Å². The molecule has 1 saturated heterocycles. The molecule has 2 aromatic rings. The second-order valence-electron chi connectivity index (χ2n) is 5.72. The molecule has 1 fully saturated rings. The van der Waals surface area contributed by atoms with E-state index in [-0.39, 0.29) is 29.9 Å². The summed E-state index contributed by atoms with van der Waals surface area (Å²) in [4.78, 5) is 22.2. The number of halogens is 2. The van der Waals surface area contributed by atoms with E-state index in [0.29, 0.717) is 19.6 Å². The lowest BCUT2D eigenvalue weighted by atomic mass is 10.3. The Hall–Kier alpha value is -1.14. The van der Waals surface area contributed by atoms with Crippen molar-refractivity contribution in [2.24, 2.45) is 12.0 Å². The molecule has 3 rings (SSSR count). The van der Waals surface area contributed by atoms with Crippen LogP contribution in [0.5, 0.6) is 0 Å². The van der Waals surface area contributed by atoms with Gasteiger partial charge in [0.25, 0.3) is 0 Å². The zero-order valence-corrected chi connectivity index (χ0v) is 19.4. The summed E-state index contributed by atoms with van der Waals surface area (Å²) in [5, 5.41) is 7.44. The van der Waals surface area contributed by atoms with Crippen molar-refractivity contribution in [3.63, 3.8) is 0 Å². The summed E-state index contributed by atoms with van der Waals surface area (Å²) >= 11 is 5.15. The third kappa shape index (κ3) is 5.19. The molecule has 0 radical (unpaired) electrons. The van der Waals surface area contributed by atoms with Gasteiger partial charge in [0.1, 0.15) is 6.54 Å². The number of guanidine groups is 1. The number of hydrogen-bond donors (Lipinski definition) is 1. The first-order chi connectivity index (χ1) is 12.1. The molecule has 0 spiro atoms. The average molecular weight is 553 g/mol. The van der Waals surface area contributed by atoms with Gasteiger partial charge >= 0.3 is 0 Å². The second kappa shape index (κ2) is 9.70. The van der Waals surface area contributed by atoms with Crippen LogP contribution in [0, 0.1) is 0 Å². The number of nitrogens with one attached hydrogen (secondary N) is 1. The number of amides is 1. The van der Waals surface area contributed by atoms with Gasteiger partial charge in [-0.15, -0.1) is 35.3 Å². The van der Waals surface area contributed by atoms with Crippen LogP contribution in [0.3, 0.4) is 0 Å². The molecular formula is C16H22BrIN6OS. The maximum Gasteiger partial charge on any atom is 0.246 e. The Kier molecular flexibility index (Phi) is 7.89. The molecule has 0 aromatic carbocycles. The molecule has 0 saturated carbocycles. The molecule has 7 nitrogen and oxygen atoms in total. The van der Waals surface area contributed by atoms with Crippen molar-refractivity contribution in [1.82, 2.24) is 20.0 Å². The van der Waals surface area contributed by atoms with Crippen LogP contribution in [0.25, 0.3) is 0 Å². The standard InChI is InChI=1S/C16H21BrN6OS.HI/c1-3-18-16(19-9-13-4-5-14(17)25-13)22-6-7-23(15(24)11-22)12-8-20-21(2)10-12;/h4-5,8,10H,3,6-7,9,11H2,1-2H3,(H,18,19);1H. The van der Waals surface area contributed by atoms with Crippen LogP contribution in [-0.4, -0.2) is 52.7 Å². The van der Waals surface area contributed by atoms with Gasteiger partial charge < -0.3 is 15.1 Å². The van der Waals surface area contributed by atoms with E-state index in [1.54, 1.807) is 27.1 Å². The summed E-state index contributed by atoms with van der Waals surface area (Å²) in [6.07, 6.45) is 3.59. The Labute approximate surface area is 182 Å². The maximum absolute atomic E-state index is 12.6. The Bertz CT molecular complexity index is 776. The first-order valence-electron chi connectivity index (χ1n) is 8.13. The summed E-state index contributed by atoms with van der Waals surface area (Å²) in [6.45, 7) is 5.08. The van der Waals surface area contributed by atoms with E-state index in [1.807, 2.05) is 31.1 Å². The van der Waals surface area contributed by atoms with Crippen molar-refractivity contribution in [3.05, 3.63) is 33.2 Å². The topological polar surface area (TPSA) is 65.8 Å². The van der Waals surface area contributed by atoms with Crippen LogP contribution in [0.2, 0.25) is 0 Å². The monoisotopic (exact) mass is 552 g/mol. The van der Waals surface area contributed by atoms with E-state index in [4.69, 9.17) is 4.99 Å². The molecule has 10 heteroatoms. The van der Waals surface area contributed by atoms with Crippen molar-refractivity contribution in [2.75, 3.05) is 31.1 Å². The lowest BCUT2D eigenvalue weighted by Crippen LogP contribution is -2.55. The third-order valence-electron chi connectivity index (χ3n) is 3.87. The van der Waals surface area contributed by atoms with Gasteiger partial charge in [-0.2, -0.15) is 5.10 Å². The first kappa shape index (κ1) is 21.2. The minimum atomic E-state index is 0. The molecule has 2 aromatic heterocycles. The van der Waals surface area contributed by atoms with Crippen LogP contribution < -0.4 is 10.2 Å². The largest absolute Gasteiger partial charge is 0.356 e. The lowest BCUT2D eigenvalue weighted by molar-refractivity contribution is -0.120. The van der Waals surface area contributed by atoms with Gasteiger partial charge in [-0.25, -0.2) is 4.99 Å². The molecule has 1 aliphatic rings. The van der Waals surface area contributed by atoms with Crippen LogP contribution in [0.4, 0.5) is 5.69 Å². The number of aromatic nitrogens is 2. The number of aryl methyl sites for hydroxylation is 1. The molecule has 0 bridgehead atoms. The number of aliphatic imine (C=N–C) groups is 1. The van der Waals surface area contributed by atoms with Gasteiger partial charge in [0, 0.05) is 37.8 Å². The Morgan fingerprint density at radius 2 is 2.23 bits per heavy atom. The zero-order chi connectivity index (χ0) is 17.8. The van der Waals surface area contributed by atoms with Gasteiger partial charge in [-0.3, -0.25) is 9.48 Å². The molecule has 26 heavy (non-hydrogen) atoms. The van der Waals surface area contributed by atoms with Crippen LogP contribution in [0.1, 0.15) is 11.8 Å². The van der Waals surface area contributed by atoms with Crippen molar-refractivity contribution in [3.8, 4) is 0 Å². The fraction of sp³-hybridized carbons (Fsp3) is 0.438. The molecular weight excluding hydrogens is 531 g/mol. The number of piperazine rings is 1. The number of thiophene rings is 1. The molecule has 1 amide bonds. The summed E-state index contributed by atoms with van der Waals surface area (Å²) in [5.74, 6) is 0.843. The first-order valence-corrected chi connectivity index (χ1v) is 9.74. The Morgan fingerprint density at radius 1 is 1.42 bits per heavy atom. The number of carbonyl (C=O) groups is 1. The van der Waals surface area contributed by atoms with E-state index < -0.39 is 0 Å². The summed E-state index contributed by atoms with van der Waals surface area (Å²) in [5.41, 5.74) is 0.845. The summed E-state index contributed by atoms with van der Waals surface area (Å²) < 4.78 is 2.81. The minimum Gasteiger partial charge on any atom is -0.356 e. The van der Waals surface area contributed by atoms with Crippen LogP contribution >= 0.6 is 51.2 Å². The fourth-order valence-corrected chi connectivity index (χ4v) is 4.10. The number of hydrogen-bond acceptors (Lipinski definition) is 4. The number of rotatable bonds is 4. The van der Waals surface area contributed by atoms with Crippen LogP contribution in [-0.2, 0) is 18.4 Å². The fourth-order valence-electron chi connectivity index (χ4n) is 2.69. The lowest BCUT2D eigenvalue weighted by Gasteiger charge is -2.35. The smallest absolute Gasteiger partial charge is 0.246 e. The Morgan fingerprint density at radius 3 is 2.81 bits per heavy atom. The predicted octanol–water partition coefficient (Wildman–Crippen LogP) is 2.68. The van der Waals surface area contributed by atoms with E-state index in [0.717, 1.165) is 28.5 Å². The second-order valence-corrected chi connectivity index (χ2v) is 8.26. The predicted molar refractivity (Wildman–Crippen MR) is 119 cm³/mol. The van der Waals surface area contributed by atoms with E-state index in [2.05, 4.69) is 32.4 Å². The van der Waals surface area contributed by atoms with Crippen molar-refractivity contribution in [2.45, 2.75) is 13.5 Å². The van der Waals surface area contributed by atoms with E-state index in [9.17, 15) is 4.79 Å². The van der Waals surface area contributed by atoms with Crippen molar-refractivity contribution in [1.29, 1.82) is 0 Å². The molecule has 0 unspecified atom stereocenters. The highest BCUT2D eigenvalue weighted by Crippen LogP contribution is 2.23. The van der Waals surface area contributed by atoms with Gasteiger partial charge in [0.15, 0.2) is 5.96 Å². The highest BCUT2D eigenvalue weighted by atomic mass is 127. The molecule has 0 atom stereocenters. The normalized spacial score (nSPS) is 15.2. The zero-order valence-electron chi connectivity index (χ0n) is 14.7. The van der Waals surface area contributed by atoms with Gasteiger partial charge in [0.05, 0.1) is 22.2 Å². The van der Waals surface area contributed by atoms with E-state index >= 15 is 0 Å². The van der Waals surface area contributed by atoms with Crippen LogP contribution in [0.15, 0.2) is 33.3 Å². The molecule has 1 aliphatic heterocycles. The van der Waals surface area contributed by atoms with Gasteiger partial charge in [-0.05, 0) is 35.0 Å². The number of carbonyl (C=O) groups excluding carboxylic acids is 1. The minimum absolute atomic E-state index is 0. The van der Waals surface area contributed by atoms with Gasteiger partial charge in [0.2, 0.25) is 5.91 Å². The highest BCUT2D eigenvalue weighted by Gasteiger charge is 2.27. The number of nitrogens with zero attached hydrogens (tertiary/aromatic N) is 5.